The summed E-state index contributed by atoms with van der Waals surface area (Å²) in [5, 5.41) is 3.19. The molecular formula is C29H34ClN3O5S. The second-order valence-electron chi connectivity index (χ2n) is 8.99. The van der Waals surface area contributed by atoms with Crippen LogP contribution in [0.3, 0.4) is 0 Å². The Balaban J connectivity index is 2.04. The van der Waals surface area contributed by atoms with E-state index in [1.54, 1.807) is 50.4 Å². The third-order valence-electron chi connectivity index (χ3n) is 6.25. The van der Waals surface area contributed by atoms with Crippen LogP contribution in [0.1, 0.15) is 31.4 Å². The van der Waals surface area contributed by atoms with E-state index < -0.39 is 28.5 Å². The van der Waals surface area contributed by atoms with Gasteiger partial charge in [0, 0.05) is 18.1 Å². The van der Waals surface area contributed by atoms with Crippen LogP contribution in [-0.2, 0) is 26.2 Å². The molecule has 0 fully saturated rings. The van der Waals surface area contributed by atoms with Gasteiger partial charge in [0.05, 0.1) is 17.7 Å². The number of nitrogens with zero attached hydrogens (tertiary/aromatic N) is 2. The number of aryl methyl sites for hydroxylation is 1. The molecule has 0 aliphatic carbocycles. The maximum absolute atomic E-state index is 14.0. The standard InChI is InChI=1S/C29H34ClN3O5S/c1-5-27(29(35)31-6-2)32(19-22-9-15-25(38-4)16-10-22)28(34)20-33(24-13-7-21(3)8-14-24)39(36,37)26-17-11-23(30)12-18-26/h7-18,27H,5-6,19-20H2,1-4H3,(H,31,35)/t27-/m1/s1. The molecule has 3 rings (SSSR count). The second-order valence-corrected chi connectivity index (χ2v) is 11.3. The van der Waals surface area contributed by atoms with E-state index in [1.807, 2.05) is 26.0 Å². The lowest BCUT2D eigenvalue weighted by molar-refractivity contribution is -0.140. The van der Waals surface area contributed by atoms with Crippen LogP contribution in [0.15, 0.2) is 77.7 Å². The van der Waals surface area contributed by atoms with Crippen molar-refractivity contribution in [3.8, 4) is 5.75 Å². The first kappa shape index (κ1) is 30.0. The van der Waals surface area contributed by atoms with Gasteiger partial charge in [-0.1, -0.05) is 48.4 Å². The summed E-state index contributed by atoms with van der Waals surface area (Å²) < 4.78 is 33.9. The molecule has 0 aromatic heterocycles. The zero-order valence-electron chi connectivity index (χ0n) is 22.6. The molecule has 0 radical (unpaired) electrons. The normalized spacial score (nSPS) is 11.9. The number of nitrogens with one attached hydrogen (secondary N) is 1. The van der Waals surface area contributed by atoms with E-state index in [9.17, 15) is 18.0 Å². The zero-order valence-corrected chi connectivity index (χ0v) is 24.1. The first-order chi connectivity index (χ1) is 18.6. The van der Waals surface area contributed by atoms with Crippen LogP contribution < -0.4 is 14.4 Å². The van der Waals surface area contributed by atoms with Gasteiger partial charge in [0.2, 0.25) is 11.8 Å². The Morgan fingerprint density at radius 2 is 1.56 bits per heavy atom. The molecular weight excluding hydrogens is 538 g/mol. The third-order valence-corrected chi connectivity index (χ3v) is 8.29. The predicted octanol–water partition coefficient (Wildman–Crippen LogP) is 4.80. The molecule has 2 amide bonds. The van der Waals surface area contributed by atoms with Crippen LogP contribution in [-0.4, -0.2) is 51.4 Å². The van der Waals surface area contributed by atoms with Crippen molar-refractivity contribution in [1.29, 1.82) is 0 Å². The van der Waals surface area contributed by atoms with Gasteiger partial charge in [-0.25, -0.2) is 8.42 Å². The second kappa shape index (κ2) is 13.5. The summed E-state index contributed by atoms with van der Waals surface area (Å²) >= 11 is 5.99. The molecule has 10 heteroatoms. The van der Waals surface area contributed by atoms with Crippen molar-refractivity contribution in [2.24, 2.45) is 0 Å². The first-order valence-corrected chi connectivity index (χ1v) is 14.5. The Kier molecular flexibility index (Phi) is 10.4. The maximum Gasteiger partial charge on any atom is 0.264 e. The van der Waals surface area contributed by atoms with E-state index in [-0.39, 0.29) is 17.3 Å². The Morgan fingerprint density at radius 1 is 0.949 bits per heavy atom. The third kappa shape index (κ3) is 7.52. The smallest absolute Gasteiger partial charge is 0.264 e. The summed E-state index contributed by atoms with van der Waals surface area (Å²) in [7, 11) is -2.58. The molecule has 39 heavy (non-hydrogen) atoms. The van der Waals surface area contributed by atoms with E-state index in [4.69, 9.17) is 16.3 Å². The van der Waals surface area contributed by atoms with Gasteiger partial charge in [-0.2, -0.15) is 0 Å². The van der Waals surface area contributed by atoms with Crippen LogP contribution in [0, 0.1) is 6.92 Å². The molecule has 0 spiro atoms. The molecule has 0 unspecified atom stereocenters. The molecule has 1 atom stereocenters. The van der Waals surface area contributed by atoms with Crippen molar-refractivity contribution in [3.05, 3.63) is 88.9 Å². The highest BCUT2D eigenvalue weighted by Gasteiger charge is 2.33. The highest BCUT2D eigenvalue weighted by molar-refractivity contribution is 7.92. The largest absolute Gasteiger partial charge is 0.497 e. The minimum absolute atomic E-state index is 0.00209. The number of ether oxygens (including phenoxy) is 1. The van der Waals surface area contributed by atoms with Crippen molar-refractivity contribution in [2.45, 2.75) is 44.7 Å². The SMILES string of the molecule is CCNC(=O)[C@@H](CC)N(Cc1ccc(OC)cc1)C(=O)CN(c1ccc(C)cc1)S(=O)(=O)c1ccc(Cl)cc1. The molecule has 3 aromatic carbocycles. The van der Waals surface area contributed by atoms with Gasteiger partial charge < -0.3 is 15.0 Å². The summed E-state index contributed by atoms with van der Waals surface area (Å²) in [6.45, 7) is 5.53. The van der Waals surface area contributed by atoms with Crippen molar-refractivity contribution >= 4 is 39.1 Å². The van der Waals surface area contributed by atoms with Crippen LogP contribution in [0.4, 0.5) is 5.69 Å². The first-order valence-electron chi connectivity index (χ1n) is 12.7. The fourth-order valence-corrected chi connectivity index (χ4v) is 5.65. The van der Waals surface area contributed by atoms with Crippen LogP contribution in [0.2, 0.25) is 5.02 Å². The minimum Gasteiger partial charge on any atom is -0.497 e. The lowest BCUT2D eigenvalue weighted by Crippen LogP contribution is -2.52. The van der Waals surface area contributed by atoms with E-state index in [0.717, 1.165) is 15.4 Å². The lowest BCUT2D eigenvalue weighted by atomic mass is 10.1. The number of carbonyl (C=O) groups excluding carboxylic acids is 2. The number of halogens is 1. The number of likely N-dealkylation sites (N-methyl/N-ethyl adjacent to an activating group) is 1. The number of amides is 2. The number of carbonyl (C=O) groups is 2. The topological polar surface area (TPSA) is 96.0 Å². The van der Waals surface area contributed by atoms with Gasteiger partial charge in [0.15, 0.2) is 0 Å². The maximum atomic E-state index is 14.0. The van der Waals surface area contributed by atoms with Crippen molar-refractivity contribution in [1.82, 2.24) is 10.2 Å². The highest BCUT2D eigenvalue weighted by atomic mass is 35.5. The van der Waals surface area contributed by atoms with Gasteiger partial charge in [0.1, 0.15) is 18.3 Å². The molecule has 0 heterocycles. The summed E-state index contributed by atoms with van der Waals surface area (Å²) in [5.74, 6) is -0.154. The van der Waals surface area contributed by atoms with E-state index in [0.29, 0.717) is 29.4 Å². The van der Waals surface area contributed by atoms with Gasteiger partial charge >= 0.3 is 0 Å². The van der Waals surface area contributed by atoms with Gasteiger partial charge in [0.25, 0.3) is 10.0 Å². The highest BCUT2D eigenvalue weighted by Crippen LogP contribution is 2.26. The molecule has 0 saturated heterocycles. The van der Waals surface area contributed by atoms with E-state index >= 15 is 0 Å². The monoisotopic (exact) mass is 571 g/mol. The molecule has 8 nitrogen and oxygen atoms in total. The van der Waals surface area contributed by atoms with Crippen LogP contribution in [0.5, 0.6) is 5.75 Å². The number of sulfonamides is 1. The summed E-state index contributed by atoms with van der Waals surface area (Å²) in [6, 6.07) is 19.0. The van der Waals surface area contributed by atoms with Crippen molar-refractivity contribution < 1.29 is 22.7 Å². The van der Waals surface area contributed by atoms with Gasteiger partial charge in [-0.3, -0.25) is 13.9 Å². The molecule has 3 aromatic rings. The number of methoxy groups -OCH3 is 1. The van der Waals surface area contributed by atoms with E-state index in [1.165, 1.54) is 29.2 Å². The Bertz CT molecular complexity index is 1360. The fraction of sp³-hybridized carbons (Fsp3) is 0.310. The Morgan fingerprint density at radius 3 is 2.10 bits per heavy atom. The number of hydrogen-bond acceptors (Lipinski definition) is 5. The number of anilines is 1. The molecule has 0 bridgehead atoms. The summed E-state index contributed by atoms with van der Waals surface area (Å²) in [4.78, 5) is 28.4. The molecule has 0 aliphatic rings. The van der Waals surface area contributed by atoms with Gasteiger partial charge in [-0.15, -0.1) is 0 Å². The van der Waals surface area contributed by atoms with Crippen LogP contribution in [0.25, 0.3) is 0 Å². The Labute approximate surface area is 235 Å². The number of benzene rings is 3. The quantitative estimate of drug-likeness (QED) is 0.337. The van der Waals surface area contributed by atoms with E-state index in [2.05, 4.69) is 5.32 Å². The fourth-order valence-electron chi connectivity index (χ4n) is 4.11. The molecule has 0 saturated carbocycles. The predicted molar refractivity (Wildman–Crippen MR) is 153 cm³/mol. The molecule has 0 aliphatic heterocycles. The van der Waals surface area contributed by atoms with Gasteiger partial charge in [-0.05, 0) is 74.4 Å². The lowest BCUT2D eigenvalue weighted by Gasteiger charge is -2.33. The van der Waals surface area contributed by atoms with Crippen LogP contribution >= 0.6 is 11.6 Å². The summed E-state index contributed by atoms with van der Waals surface area (Å²) in [6.07, 6.45) is 0.349. The Hall–Kier alpha value is -3.56. The minimum atomic E-state index is -4.15. The molecule has 208 valence electrons. The zero-order chi connectivity index (χ0) is 28.6. The summed E-state index contributed by atoms with van der Waals surface area (Å²) in [5.41, 5.74) is 2.05. The average Bonchev–Trinajstić information content (AvgIpc) is 2.92. The van der Waals surface area contributed by atoms with Crippen molar-refractivity contribution in [3.63, 3.8) is 0 Å². The molecule has 1 N–H and O–H groups in total. The average molecular weight is 572 g/mol. The number of rotatable bonds is 12. The van der Waals surface area contributed by atoms with Crippen molar-refractivity contribution in [2.75, 3.05) is 24.5 Å². The number of hydrogen-bond donors (Lipinski definition) is 1.